The first-order chi connectivity index (χ1) is 12.9. The first-order valence-electron chi connectivity index (χ1n) is 9.38. The highest BCUT2D eigenvalue weighted by Crippen LogP contribution is 2.37. The number of aliphatic carboxylic acids is 1. The summed E-state index contributed by atoms with van der Waals surface area (Å²) in [4.78, 5) is 13.6. The topological polar surface area (TPSA) is 40.5 Å². The summed E-state index contributed by atoms with van der Waals surface area (Å²) in [5.74, 6) is -0.481. The molecular formula is C22H25Cl2NO2. The van der Waals surface area contributed by atoms with Crippen LogP contribution in [0, 0.1) is 5.92 Å². The minimum absolute atomic E-state index is 0.00859. The van der Waals surface area contributed by atoms with Gasteiger partial charge in [0.25, 0.3) is 0 Å². The Balaban J connectivity index is 1.95. The molecule has 1 saturated heterocycles. The van der Waals surface area contributed by atoms with Crippen molar-refractivity contribution in [3.05, 3.63) is 69.2 Å². The van der Waals surface area contributed by atoms with Gasteiger partial charge in [0.05, 0.1) is 12.0 Å². The molecule has 1 N–H and O–H groups in total. The second kappa shape index (κ2) is 8.64. The van der Waals surface area contributed by atoms with E-state index in [1.165, 1.54) is 5.56 Å². The summed E-state index contributed by atoms with van der Waals surface area (Å²) in [6, 6.07) is 14.3. The zero-order valence-electron chi connectivity index (χ0n) is 15.7. The summed E-state index contributed by atoms with van der Waals surface area (Å²) in [6.07, 6.45) is 1.31. The van der Waals surface area contributed by atoms with Crippen LogP contribution in [0.15, 0.2) is 42.5 Å². The van der Waals surface area contributed by atoms with Crippen molar-refractivity contribution in [2.75, 3.05) is 13.1 Å². The number of hydrogen-bond acceptors (Lipinski definition) is 2. The van der Waals surface area contributed by atoms with Crippen molar-refractivity contribution >= 4 is 29.2 Å². The van der Waals surface area contributed by atoms with Crippen LogP contribution in [0.5, 0.6) is 0 Å². The molecule has 2 aromatic rings. The maximum Gasteiger partial charge on any atom is 0.306 e. The van der Waals surface area contributed by atoms with E-state index in [0.717, 1.165) is 24.2 Å². The van der Waals surface area contributed by atoms with Gasteiger partial charge in [0.2, 0.25) is 0 Å². The van der Waals surface area contributed by atoms with E-state index in [9.17, 15) is 9.90 Å². The molecule has 3 nitrogen and oxygen atoms in total. The summed E-state index contributed by atoms with van der Waals surface area (Å²) in [5, 5.41) is 10.6. The Morgan fingerprint density at radius 2 is 1.63 bits per heavy atom. The third-order valence-corrected chi connectivity index (χ3v) is 5.98. The van der Waals surface area contributed by atoms with Crippen molar-refractivity contribution in [1.82, 2.24) is 4.90 Å². The van der Waals surface area contributed by atoms with Gasteiger partial charge in [-0.3, -0.25) is 9.69 Å². The highest BCUT2D eigenvalue weighted by molar-refractivity contribution is 6.35. The first-order valence-corrected chi connectivity index (χ1v) is 10.1. The minimum Gasteiger partial charge on any atom is -0.481 e. The van der Waals surface area contributed by atoms with Crippen molar-refractivity contribution in [3.8, 4) is 0 Å². The first kappa shape index (κ1) is 20.2. The molecule has 1 unspecified atom stereocenters. The van der Waals surface area contributed by atoms with Crippen LogP contribution in [-0.4, -0.2) is 29.1 Å². The van der Waals surface area contributed by atoms with Gasteiger partial charge >= 0.3 is 5.97 Å². The number of carboxylic acids is 1. The number of piperidine rings is 1. The van der Waals surface area contributed by atoms with E-state index >= 15 is 0 Å². The Morgan fingerprint density at radius 3 is 2.15 bits per heavy atom. The number of nitrogens with zero attached hydrogens (tertiary/aromatic N) is 1. The van der Waals surface area contributed by atoms with Crippen molar-refractivity contribution in [2.24, 2.45) is 5.92 Å². The smallest absolute Gasteiger partial charge is 0.306 e. The Labute approximate surface area is 170 Å². The molecule has 5 heteroatoms. The Hall–Kier alpha value is -1.55. The van der Waals surface area contributed by atoms with E-state index < -0.39 is 5.97 Å². The van der Waals surface area contributed by atoms with E-state index in [1.54, 1.807) is 6.07 Å². The number of likely N-dealkylation sites (tertiary alicyclic amines) is 1. The lowest BCUT2D eigenvalue weighted by atomic mass is 9.90. The fourth-order valence-corrected chi connectivity index (χ4v) is 4.29. The highest BCUT2D eigenvalue weighted by Gasteiger charge is 2.31. The van der Waals surface area contributed by atoms with Gasteiger partial charge in [0, 0.05) is 10.0 Å². The average molecular weight is 406 g/mol. The maximum atomic E-state index is 11.3. The van der Waals surface area contributed by atoms with Crippen LogP contribution in [0.3, 0.4) is 0 Å². The van der Waals surface area contributed by atoms with Crippen LogP contribution >= 0.6 is 23.2 Å². The summed E-state index contributed by atoms with van der Waals surface area (Å²) >= 11 is 12.6. The molecule has 0 bridgehead atoms. The second-order valence-corrected chi connectivity index (χ2v) is 8.38. The second-order valence-electron chi connectivity index (χ2n) is 7.54. The molecule has 3 rings (SSSR count). The van der Waals surface area contributed by atoms with Crippen molar-refractivity contribution in [1.29, 1.82) is 0 Å². The molecule has 0 aromatic heterocycles. The van der Waals surface area contributed by atoms with Crippen molar-refractivity contribution in [2.45, 2.75) is 38.6 Å². The van der Waals surface area contributed by atoms with Crippen molar-refractivity contribution < 1.29 is 9.90 Å². The van der Waals surface area contributed by atoms with Crippen LogP contribution in [0.25, 0.3) is 0 Å². The number of benzene rings is 2. The SMILES string of the molecule is CC(C)c1ccc(C(c2ccc(Cl)cc2Cl)N2CCC(C(=O)O)CC2)cc1. The van der Waals surface area contributed by atoms with Crippen LogP contribution in [0.2, 0.25) is 10.0 Å². The molecule has 0 aliphatic carbocycles. The van der Waals surface area contributed by atoms with Gasteiger partial charge in [-0.2, -0.15) is 0 Å². The molecule has 1 atom stereocenters. The van der Waals surface area contributed by atoms with Gasteiger partial charge in [-0.15, -0.1) is 0 Å². The fraction of sp³-hybridized carbons (Fsp3) is 0.409. The monoisotopic (exact) mass is 405 g/mol. The zero-order chi connectivity index (χ0) is 19.6. The lowest BCUT2D eigenvalue weighted by Crippen LogP contribution is -2.39. The molecular weight excluding hydrogens is 381 g/mol. The molecule has 1 aliphatic heterocycles. The normalized spacial score (nSPS) is 17.2. The number of rotatable bonds is 5. The number of halogens is 2. The number of carbonyl (C=O) groups is 1. The predicted octanol–water partition coefficient (Wildman–Crippen LogP) is 6.00. The van der Waals surface area contributed by atoms with E-state index in [0.29, 0.717) is 28.8 Å². The number of hydrogen-bond donors (Lipinski definition) is 1. The van der Waals surface area contributed by atoms with Gasteiger partial charge in [0.15, 0.2) is 0 Å². The van der Waals surface area contributed by atoms with E-state index in [1.807, 2.05) is 12.1 Å². The summed E-state index contributed by atoms with van der Waals surface area (Å²) in [6.45, 7) is 5.82. The molecule has 0 saturated carbocycles. The molecule has 144 valence electrons. The lowest BCUT2D eigenvalue weighted by Gasteiger charge is -2.37. The molecule has 1 fully saturated rings. The summed E-state index contributed by atoms with van der Waals surface area (Å²) < 4.78 is 0. The van der Waals surface area contributed by atoms with Crippen LogP contribution in [0.4, 0.5) is 0 Å². The number of carboxylic acid groups (broad SMARTS) is 1. The summed E-state index contributed by atoms with van der Waals surface area (Å²) in [7, 11) is 0. The molecule has 0 radical (unpaired) electrons. The average Bonchev–Trinajstić information content (AvgIpc) is 2.64. The van der Waals surface area contributed by atoms with Gasteiger partial charge in [-0.05, 0) is 60.7 Å². The molecule has 1 aliphatic rings. The Morgan fingerprint density at radius 1 is 1.04 bits per heavy atom. The van der Waals surface area contributed by atoms with Crippen molar-refractivity contribution in [3.63, 3.8) is 0 Å². The highest BCUT2D eigenvalue weighted by atomic mass is 35.5. The third-order valence-electron chi connectivity index (χ3n) is 5.42. The lowest BCUT2D eigenvalue weighted by molar-refractivity contribution is -0.143. The van der Waals surface area contributed by atoms with Crippen LogP contribution < -0.4 is 0 Å². The van der Waals surface area contributed by atoms with Gasteiger partial charge < -0.3 is 5.11 Å². The molecule has 27 heavy (non-hydrogen) atoms. The summed E-state index contributed by atoms with van der Waals surface area (Å²) in [5.41, 5.74) is 3.47. The van der Waals surface area contributed by atoms with E-state index in [2.05, 4.69) is 43.0 Å². The standard InChI is InChI=1S/C22H25Cl2NO2/c1-14(2)15-3-5-16(6-4-15)21(19-8-7-18(23)13-20(19)24)25-11-9-17(10-12-25)22(26)27/h3-8,13-14,17,21H,9-12H2,1-2H3,(H,26,27). The maximum absolute atomic E-state index is 11.3. The Bertz CT molecular complexity index is 796. The largest absolute Gasteiger partial charge is 0.481 e. The molecule has 0 spiro atoms. The van der Waals surface area contributed by atoms with Crippen LogP contribution in [-0.2, 0) is 4.79 Å². The van der Waals surface area contributed by atoms with E-state index in [-0.39, 0.29) is 12.0 Å². The molecule has 2 aromatic carbocycles. The molecule has 0 amide bonds. The predicted molar refractivity (Wildman–Crippen MR) is 111 cm³/mol. The van der Waals surface area contributed by atoms with Gasteiger partial charge in [0.1, 0.15) is 0 Å². The minimum atomic E-state index is -0.697. The fourth-order valence-electron chi connectivity index (χ4n) is 3.78. The van der Waals surface area contributed by atoms with Gasteiger partial charge in [-0.25, -0.2) is 0 Å². The van der Waals surface area contributed by atoms with E-state index in [4.69, 9.17) is 23.2 Å². The Kier molecular flexibility index (Phi) is 6.46. The van der Waals surface area contributed by atoms with Gasteiger partial charge in [-0.1, -0.05) is 67.4 Å². The quantitative estimate of drug-likeness (QED) is 0.662. The zero-order valence-corrected chi connectivity index (χ0v) is 17.2. The van der Waals surface area contributed by atoms with Crippen LogP contribution in [0.1, 0.15) is 55.3 Å². The third kappa shape index (κ3) is 4.66. The molecule has 1 heterocycles.